The number of carbonyl (C=O) groups is 1. The van der Waals surface area contributed by atoms with Crippen molar-refractivity contribution in [2.24, 2.45) is 0 Å². The van der Waals surface area contributed by atoms with Crippen molar-refractivity contribution in [2.45, 2.75) is 13.8 Å². The van der Waals surface area contributed by atoms with Gasteiger partial charge in [0.2, 0.25) is 0 Å². The molecule has 1 aromatic heterocycles. The summed E-state index contributed by atoms with van der Waals surface area (Å²) in [6, 6.07) is 5.57. The van der Waals surface area contributed by atoms with E-state index in [-0.39, 0.29) is 11.7 Å². The molecule has 2 rings (SSSR count). The molecule has 1 aromatic carbocycles. The van der Waals surface area contributed by atoms with Crippen LogP contribution in [0.1, 0.15) is 11.4 Å². The molecule has 0 bridgehead atoms. The van der Waals surface area contributed by atoms with Crippen LogP contribution in [0, 0.1) is 19.7 Å². The van der Waals surface area contributed by atoms with Gasteiger partial charge in [-0.25, -0.2) is 9.18 Å². The third-order valence-corrected chi connectivity index (χ3v) is 2.79. The summed E-state index contributed by atoms with van der Waals surface area (Å²) in [4.78, 5) is 20.1. The van der Waals surface area contributed by atoms with Gasteiger partial charge in [-0.15, -0.1) is 0 Å². The Bertz CT molecular complexity index is 653. The van der Waals surface area contributed by atoms with Gasteiger partial charge in [-0.2, -0.15) is 9.97 Å². The first kappa shape index (κ1) is 14.7. The number of carbonyl (C=O) groups excluding carboxylic acids is 1. The fourth-order valence-electron chi connectivity index (χ4n) is 1.79. The number of nitrogens with one attached hydrogen (secondary N) is 2. The van der Waals surface area contributed by atoms with Crippen molar-refractivity contribution in [1.82, 2.24) is 9.97 Å². The minimum Gasteiger partial charge on any atom is -0.467 e. The molecule has 2 N–H and O–H groups in total. The van der Waals surface area contributed by atoms with Crippen LogP contribution in [-0.2, 0) is 0 Å². The number of nitrogens with zero attached hydrogens (tertiary/aromatic N) is 2. The van der Waals surface area contributed by atoms with Crippen molar-refractivity contribution in [1.29, 1.82) is 0 Å². The molecule has 2 amide bonds. The first-order valence-electron chi connectivity index (χ1n) is 6.23. The van der Waals surface area contributed by atoms with Crippen LogP contribution in [0.5, 0.6) is 6.01 Å². The molecule has 1 heterocycles. The number of urea groups is 1. The van der Waals surface area contributed by atoms with Crippen molar-refractivity contribution in [2.75, 3.05) is 17.7 Å². The lowest BCUT2D eigenvalue weighted by atomic mass is 10.3. The zero-order chi connectivity index (χ0) is 15.4. The van der Waals surface area contributed by atoms with Crippen molar-refractivity contribution >= 4 is 17.4 Å². The van der Waals surface area contributed by atoms with Crippen molar-refractivity contribution < 1.29 is 13.9 Å². The Morgan fingerprint density at radius 2 is 1.76 bits per heavy atom. The van der Waals surface area contributed by atoms with E-state index in [1.807, 2.05) is 0 Å². The van der Waals surface area contributed by atoms with E-state index in [1.54, 1.807) is 26.0 Å². The summed E-state index contributed by atoms with van der Waals surface area (Å²) in [6.45, 7) is 3.44. The third-order valence-electron chi connectivity index (χ3n) is 2.79. The molecule has 21 heavy (non-hydrogen) atoms. The highest BCUT2D eigenvalue weighted by molar-refractivity contribution is 6.00. The zero-order valence-electron chi connectivity index (χ0n) is 11.9. The Hall–Kier alpha value is -2.70. The molecule has 0 aliphatic heterocycles. The van der Waals surface area contributed by atoms with E-state index in [1.165, 1.54) is 19.2 Å². The smallest absolute Gasteiger partial charge is 0.323 e. The lowest BCUT2D eigenvalue weighted by Crippen LogP contribution is -2.22. The van der Waals surface area contributed by atoms with E-state index in [4.69, 9.17) is 4.74 Å². The quantitative estimate of drug-likeness (QED) is 0.911. The number of hydrogen-bond acceptors (Lipinski definition) is 4. The van der Waals surface area contributed by atoms with Gasteiger partial charge in [0.05, 0.1) is 29.9 Å². The highest BCUT2D eigenvalue weighted by Crippen LogP contribution is 2.20. The van der Waals surface area contributed by atoms with E-state index >= 15 is 0 Å². The SMILES string of the molecule is COc1nc(C)c(NC(=O)Nc2ccccc2F)c(C)n1. The summed E-state index contributed by atoms with van der Waals surface area (Å²) in [5.74, 6) is -0.507. The molecule has 0 aliphatic carbocycles. The van der Waals surface area contributed by atoms with Gasteiger partial charge < -0.3 is 15.4 Å². The zero-order valence-corrected chi connectivity index (χ0v) is 11.9. The number of benzene rings is 1. The molecule has 0 fully saturated rings. The minimum absolute atomic E-state index is 0.0970. The average molecular weight is 290 g/mol. The number of hydrogen-bond donors (Lipinski definition) is 2. The van der Waals surface area contributed by atoms with E-state index in [0.717, 1.165) is 0 Å². The molecule has 0 saturated carbocycles. The molecule has 7 heteroatoms. The van der Waals surface area contributed by atoms with E-state index < -0.39 is 11.8 Å². The summed E-state index contributed by atoms with van der Waals surface area (Å²) in [7, 11) is 1.46. The molecule has 0 aliphatic rings. The number of rotatable bonds is 3. The molecule has 0 unspecified atom stereocenters. The molecular formula is C14H15FN4O2. The van der Waals surface area contributed by atoms with Crippen LogP contribution in [0.4, 0.5) is 20.6 Å². The van der Waals surface area contributed by atoms with Gasteiger partial charge >= 0.3 is 12.0 Å². The van der Waals surface area contributed by atoms with Gasteiger partial charge in [-0.1, -0.05) is 12.1 Å². The van der Waals surface area contributed by atoms with Crippen LogP contribution < -0.4 is 15.4 Å². The molecule has 0 radical (unpaired) electrons. The predicted octanol–water partition coefficient (Wildman–Crippen LogP) is 2.89. The van der Waals surface area contributed by atoms with Crippen molar-refractivity contribution in [3.05, 3.63) is 41.5 Å². The minimum atomic E-state index is -0.569. The number of anilines is 2. The van der Waals surface area contributed by atoms with Crippen molar-refractivity contribution in [3.8, 4) is 6.01 Å². The topological polar surface area (TPSA) is 76.1 Å². The number of aromatic nitrogens is 2. The number of methoxy groups -OCH3 is 1. The largest absolute Gasteiger partial charge is 0.467 e. The predicted molar refractivity (Wildman–Crippen MR) is 77.1 cm³/mol. The molecule has 0 atom stereocenters. The van der Waals surface area contributed by atoms with Crippen LogP contribution >= 0.6 is 0 Å². The Balaban J connectivity index is 2.15. The van der Waals surface area contributed by atoms with E-state index in [0.29, 0.717) is 17.1 Å². The van der Waals surface area contributed by atoms with Crippen LogP contribution in [-0.4, -0.2) is 23.1 Å². The van der Waals surface area contributed by atoms with Crippen molar-refractivity contribution in [3.63, 3.8) is 0 Å². The average Bonchev–Trinajstić information content (AvgIpc) is 2.45. The maximum Gasteiger partial charge on any atom is 0.323 e. The fraction of sp³-hybridized carbons (Fsp3) is 0.214. The van der Waals surface area contributed by atoms with E-state index in [9.17, 15) is 9.18 Å². The number of halogens is 1. The number of para-hydroxylation sites is 1. The second kappa shape index (κ2) is 6.17. The molecule has 110 valence electrons. The normalized spacial score (nSPS) is 10.1. The van der Waals surface area contributed by atoms with Gasteiger partial charge in [-0.05, 0) is 26.0 Å². The summed E-state index contributed by atoms with van der Waals surface area (Å²) in [6.07, 6.45) is 0. The summed E-state index contributed by atoms with van der Waals surface area (Å²) in [5.41, 5.74) is 1.68. The highest BCUT2D eigenvalue weighted by atomic mass is 19.1. The molecule has 0 saturated heterocycles. The Morgan fingerprint density at radius 1 is 1.14 bits per heavy atom. The standard InChI is InChI=1S/C14H15FN4O2/c1-8-12(9(2)17-14(16-8)21-3)19-13(20)18-11-7-5-4-6-10(11)15/h4-7H,1-3H3,(H2,18,19,20). The first-order chi connectivity index (χ1) is 10.0. The maximum atomic E-state index is 13.5. The van der Waals surface area contributed by atoms with Crippen LogP contribution in [0.15, 0.2) is 24.3 Å². The monoisotopic (exact) mass is 290 g/mol. The first-order valence-corrected chi connectivity index (χ1v) is 6.23. The summed E-state index contributed by atoms with van der Waals surface area (Å²) in [5, 5.41) is 5.04. The second-order valence-electron chi connectivity index (χ2n) is 4.32. The van der Waals surface area contributed by atoms with Crippen LogP contribution in [0.25, 0.3) is 0 Å². The second-order valence-corrected chi connectivity index (χ2v) is 4.32. The van der Waals surface area contributed by atoms with Gasteiger partial charge in [0.1, 0.15) is 5.82 Å². The van der Waals surface area contributed by atoms with Crippen LogP contribution in [0.3, 0.4) is 0 Å². The number of aryl methyl sites for hydroxylation is 2. The number of ether oxygens (including phenoxy) is 1. The Labute approximate surface area is 121 Å². The molecule has 6 nitrogen and oxygen atoms in total. The number of amides is 2. The lowest BCUT2D eigenvalue weighted by Gasteiger charge is -2.12. The molecule has 2 aromatic rings. The van der Waals surface area contributed by atoms with Crippen LogP contribution in [0.2, 0.25) is 0 Å². The van der Waals surface area contributed by atoms with Gasteiger partial charge in [0.25, 0.3) is 0 Å². The van der Waals surface area contributed by atoms with Gasteiger partial charge in [0, 0.05) is 0 Å². The maximum absolute atomic E-state index is 13.5. The Kier molecular flexibility index (Phi) is 4.32. The Morgan fingerprint density at radius 3 is 2.33 bits per heavy atom. The molecule has 0 spiro atoms. The fourth-order valence-corrected chi connectivity index (χ4v) is 1.79. The van der Waals surface area contributed by atoms with E-state index in [2.05, 4.69) is 20.6 Å². The third kappa shape index (κ3) is 3.44. The van der Waals surface area contributed by atoms with Gasteiger partial charge in [-0.3, -0.25) is 0 Å². The highest BCUT2D eigenvalue weighted by Gasteiger charge is 2.13. The molecular weight excluding hydrogens is 275 g/mol. The summed E-state index contributed by atoms with van der Waals surface area (Å²) >= 11 is 0. The summed E-state index contributed by atoms with van der Waals surface area (Å²) < 4.78 is 18.4. The lowest BCUT2D eigenvalue weighted by molar-refractivity contribution is 0.262. The van der Waals surface area contributed by atoms with Gasteiger partial charge in [0.15, 0.2) is 0 Å².